The highest BCUT2D eigenvalue weighted by molar-refractivity contribution is 14.1. The van der Waals surface area contributed by atoms with Crippen LogP contribution in [0.2, 0.25) is 0 Å². The van der Waals surface area contributed by atoms with Crippen LogP contribution in [0.1, 0.15) is 28.4 Å². The Bertz CT molecular complexity index is 593. The van der Waals surface area contributed by atoms with E-state index in [1.807, 2.05) is 48.5 Å². The van der Waals surface area contributed by atoms with E-state index in [-0.39, 0.29) is 11.9 Å². The molecule has 0 saturated heterocycles. The number of carbonyl (C=O) groups is 1. The highest BCUT2D eigenvalue weighted by Gasteiger charge is 2.27. The number of ketones is 1. The Morgan fingerprint density at radius 3 is 2.67 bits per heavy atom. The van der Waals surface area contributed by atoms with Gasteiger partial charge in [0.2, 0.25) is 0 Å². The lowest BCUT2D eigenvalue weighted by molar-refractivity contribution is 0.0850. The van der Waals surface area contributed by atoms with Crippen LogP contribution in [-0.4, -0.2) is 5.78 Å². The molecule has 3 heteroatoms. The fourth-order valence-electron chi connectivity index (χ4n) is 2.15. The molecule has 90 valence electrons. The SMILES string of the molecule is O=C1C[C@H](c2ccccc2)Oc2ccc(I)cc21. The third kappa shape index (κ3) is 2.14. The molecule has 2 nitrogen and oxygen atoms in total. The van der Waals surface area contributed by atoms with Crippen molar-refractivity contribution >= 4 is 28.4 Å². The van der Waals surface area contributed by atoms with Gasteiger partial charge in [-0.25, -0.2) is 0 Å². The summed E-state index contributed by atoms with van der Waals surface area (Å²) in [5.41, 5.74) is 1.75. The Labute approximate surface area is 119 Å². The van der Waals surface area contributed by atoms with Crippen LogP contribution in [0.3, 0.4) is 0 Å². The number of Topliss-reactive ketones (excluding diaryl/α,β-unsaturated/α-hetero) is 1. The first-order chi connectivity index (χ1) is 8.74. The molecule has 1 aliphatic rings. The van der Waals surface area contributed by atoms with E-state index < -0.39 is 0 Å². The summed E-state index contributed by atoms with van der Waals surface area (Å²) in [6.07, 6.45) is 0.253. The topological polar surface area (TPSA) is 26.3 Å². The van der Waals surface area contributed by atoms with E-state index in [0.717, 1.165) is 9.13 Å². The molecule has 0 saturated carbocycles. The van der Waals surface area contributed by atoms with Gasteiger partial charge < -0.3 is 4.74 Å². The second-order valence-corrected chi connectivity index (χ2v) is 5.53. The molecule has 0 spiro atoms. The molecule has 0 aromatic heterocycles. The second kappa shape index (κ2) is 4.72. The van der Waals surface area contributed by atoms with Crippen LogP contribution in [0.15, 0.2) is 48.5 Å². The van der Waals surface area contributed by atoms with Crippen LogP contribution >= 0.6 is 22.6 Å². The van der Waals surface area contributed by atoms with E-state index in [1.54, 1.807) is 0 Å². The quantitative estimate of drug-likeness (QED) is 0.727. The Hall–Kier alpha value is -1.36. The smallest absolute Gasteiger partial charge is 0.170 e. The van der Waals surface area contributed by atoms with Crippen molar-refractivity contribution in [2.24, 2.45) is 0 Å². The molecular weight excluding hydrogens is 339 g/mol. The number of halogens is 1. The lowest BCUT2D eigenvalue weighted by Gasteiger charge is -2.25. The maximum Gasteiger partial charge on any atom is 0.170 e. The highest BCUT2D eigenvalue weighted by atomic mass is 127. The Balaban J connectivity index is 1.97. The first-order valence-electron chi connectivity index (χ1n) is 5.78. The van der Waals surface area contributed by atoms with Crippen LogP contribution in [0, 0.1) is 3.57 Å². The molecule has 1 heterocycles. The molecule has 3 rings (SSSR count). The van der Waals surface area contributed by atoms with Crippen molar-refractivity contribution in [1.29, 1.82) is 0 Å². The largest absolute Gasteiger partial charge is 0.484 e. The molecule has 0 N–H and O–H groups in total. The van der Waals surface area contributed by atoms with E-state index in [1.165, 1.54) is 0 Å². The first kappa shape index (κ1) is 11.7. The summed E-state index contributed by atoms with van der Waals surface area (Å²) in [5.74, 6) is 0.851. The minimum absolute atomic E-state index is 0.156. The molecule has 0 unspecified atom stereocenters. The van der Waals surface area contributed by atoms with Crippen molar-refractivity contribution in [3.05, 3.63) is 63.2 Å². The zero-order chi connectivity index (χ0) is 12.5. The van der Waals surface area contributed by atoms with E-state index >= 15 is 0 Å². The monoisotopic (exact) mass is 350 g/mol. The predicted octanol–water partition coefficient (Wildman–Crippen LogP) is 4.00. The van der Waals surface area contributed by atoms with Gasteiger partial charge in [0.1, 0.15) is 11.9 Å². The van der Waals surface area contributed by atoms with Gasteiger partial charge in [0, 0.05) is 3.57 Å². The zero-order valence-corrected chi connectivity index (χ0v) is 11.8. The van der Waals surface area contributed by atoms with Gasteiger partial charge in [-0.15, -0.1) is 0 Å². The van der Waals surface area contributed by atoms with Crippen molar-refractivity contribution in [3.8, 4) is 5.75 Å². The Kier molecular flexibility index (Phi) is 3.07. The zero-order valence-electron chi connectivity index (χ0n) is 9.60. The van der Waals surface area contributed by atoms with Gasteiger partial charge in [-0.3, -0.25) is 4.79 Å². The molecule has 0 fully saturated rings. The first-order valence-corrected chi connectivity index (χ1v) is 6.86. The number of hydrogen-bond donors (Lipinski definition) is 0. The summed E-state index contributed by atoms with van der Waals surface area (Å²) in [4.78, 5) is 12.1. The fraction of sp³-hybridized carbons (Fsp3) is 0.133. The maximum absolute atomic E-state index is 12.1. The lowest BCUT2D eigenvalue weighted by Crippen LogP contribution is -2.20. The molecule has 0 radical (unpaired) electrons. The summed E-state index contributed by atoms with van der Waals surface area (Å²) in [5, 5.41) is 0. The van der Waals surface area contributed by atoms with E-state index in [2.05, 4.69) is 22.6 Å². The Morgan fingerprint density at radius 2 is 1.89 bits per heavy atom. The Morgan fingerprint density at radius 1 is 1.11 bits per heavy atom. The van der Waals surface area contributed by atoms with Gasteiger partial charge in [0.15, 0.2) is 5.78 Å². The average molecular weight is 350 g/mol. The second-order valence-electron chi connectivity index (χ2n) is 4.28. The highest BCUT2D eigenvalue weighted by Crippen LogP contribution is 2.35. The minimum Gasteiger partial charge on any atom is -0.484 e. The molecule has 1 aliphatic heterocycles. The molecule has 0 bridgehead atoms. The van der Waals surface area contributed by atoms with Gasteiger partial charge in [-0.2, -0.15) is 0 Å². The summed E-state index contributed by atoms with van der Waals surface area (Å²) < 4.78 is 6.98. The fourth-order valence-corrected chi connectivity index (χ4v) is 2.64. The van der Waals surface area contributed by atoms with Gasteiger partial charge >= 0.3 is 0 Å². The number of carbonyl (C=O) groups excluding carboxylic acids is 1. The van der Waals surface area contributed by atoms with Crippen LogP contribution in [0.5, 0.6) is 5.75 Å². The van der Waals surface area contributed by atoms with Crippen molar-refractivity contribution in [2.45, 2.75) is 12.5 Å². The van der Waals surface area contributed by atoms with Crippen LogP contribution < -0.4 is 4.74 Å². The van der Waals surface area contributed by atoms with Crippen molar-refractivity contribution in [1.82, 2.24) is 0 Å². The average Bonchev–Trinajstić information content (AvgIpc) is 2.40. The van der Waals surface area contributed by atoms with E-state index in [9.17, 15) is 4.79 Å². The number of benzene rings is 2. The molecule has 2 aromatic carbocycles. The molecule has 0 aliphatic carbocycles. The lowest BCUT2D eigenvalue weighted by atomic mass is 9.96. The molecular formula is C15H11IO2. The standard InChI is InChI=1S/C15H11IO2/c16-11-6-7-14-12(8-11)13(17)9-15(18-14)10-4-2-1-3-5-10/h1-8,15H,9H2/t15-/m1/s1. The molecule has 18 heavy (non-hydrogen) atoms. The summed E-state index contributed by atoms with van der Waals surface area (Å²) in [6.45, 7) is 0. The van der Waals surface area contributed by atoms with Crippen molar-refractivity contribution in [3.63, 3.8) is 0 Å². The summed E-state index contributed by atoms with van der Waals surface area (Å²) in [6, 6.07) is 15.6. The van der Waals surface area contributed by atoms with Crippen molar-refractivity contribution < 1.29 is 9.53 Å². The number of fused-ring (bicyclic) bond motifs is 1. The maximum atomic E-state index is 12.1. The molecule has 0 amide bonds. The number of hydrogen-bond acceptors (Lipinski definition) is 2. The predicted molar refractivity (Wildman–Crippen MR) is 77.9 cm³/mol. The third-order valence-corrected chi connectivity index (χ3v) is 3.72. The van der Waals surface area contributed by atoms with Gasteiger partial charge in [0.25, 0.3) is 0 Å². The van der Waals surface area contributed by atoms with Crippen LogP contribution in [-0.2, 0) is 0 Å². The number of ether oxygens (including phenoxy) is 1. The van der Waals surface area contributed by atoms with Crippen LogP contribution in [0.25, 0.3) is 0 Å². The van der Waals surface area contributed by atoms with Crippen molar-refractivity contribution in [2.75, 3.05) is 0 Å². The number of rotatable bonds is 1. The van der Waals surface area contributed by atoms with Gasteiger partial charge in [0.05, 0.1) is 12.0 Å². The van der Waals surface area contributed by atoms with E-state index in [0.29, 0.717) is 17.7 Å². The van der Waals surface area contributed by atoms with Gasteiger partial charge in [-0.05, 0) is 46.4 Å². The summed E-state index contributed by atoms with van der Waals surface area (Å²) >= 11 is 2.20. The third-order valence-electron chi connectivity index (χ3n) is 3.05. The molecule has 1 atom stereocenters. The summed E-state index contributed by atoms with van der Waals surface area (Å²) in [7, 11) is 0. The minimum atomic E-state index is -0.161. The van der Waals surface area contributed by atoms with E-state index in [4.69, 9.17) is 4.74 Å². The van der Waals surface area contributed by atoms with Gasteiger partial charge in [-0.1, -0.05) is 30.3 Å². The van der Waals surface area contributed by atoms with Crippen LogP contribution in [0.4, 0.5) is 0 Å². The molecule has 2 aromatic rings. The normalized spacial score (nSPS) is 18.1.